The molecule has 2 N–H and O–H groups in total. The van der Waals surface area contributed by atoms with E-state index in [2.05, 4.69) is 31.4 Å². The highest BCUT2D eigenvalue weighted by molar-refractivity contribution is 5.98. The molecule has 0 aliphatic carbocycles. The zero-order valence-electron chi connectivity index (χ0n) is 18.1. The van der Waals surface area contributed by atoms with Crippen LogP contribution in [0.2, 0.25) is 0 Å². The molecule has 0 aliphatic heterocycles. The van der Waals surface area contributed by atoms with E-state index < -0.39 is 0 Å². The first-order chi connectivity index (χ1) is 14.1. The van der Waals surface area contributed by atoms with E-state index in [1.807, 2.05) is 12.1 Å². The van der Waals surface area contributed by atoms with Crippen LogP contribution in [0.3, 0.4) is 0 Å². The predicted octanol–water partition coefficient (Wildman–Crippen LogP) is 2.82. The summed E-state index contributed by atoms with van der Waals surface area (Å²) in [6.45, 7) is 5.97. The molecule has 7 nitrogen and oxygen atoms in total. The molecule has 30 heavy (non-hydrogen) atoms. The summed E-state index contributed by atoms with van der Waals surface area (Å²) in [6, 6.07) is 14.2. The predicted molar refractivity (Wildman–Crippen MR) is 117 cm³/mol. The van der Waals surface area contributed by atoms with Crippen LogP contribution >= 0.6 is 0 Å². The Hall–Kier alpha value is -3.35. The molecule has 7 heteroatoms. The molecule has 2 aromatic carbocycles. The average molecular weight is 412 g/mol. The third-order valence-electron chi connectivity index (χ3n) is 4.57. The highest BCUT2D eigenvalue weighted by Gasteiger charge is 2.16. The normalized spacial score (nSPS) is 10.8. The number of ether oxygens (including phenoxy) is 1. The number of amides is 3. The summed E-state index contributed by atoms with van der Waals surface area (Å²) < 4.78 is 5.11. The zero-order chi connectivity index (χ0) is 22.3. The Morgan fingerprint density at radius 3 is 2.30 bits per heavy atom. The lowest BCUT2D eigenvalue weighted by Gasteiger charge is -2.19. The molecule has 0 spiro atoms. The molecular formula is C23H29N3O4. The van der Waals surface area contributed by atoms with Gasteiger partial charge < -0.3 is 20.3 Å². The Balaban J connectivity index is 1.83. The lowest BCUT2D eigenvalue weighted by molar-refractivity contribution is -0.132. The minimum Gasteiger partial charge on any atom is -0.497 e. The van der Waals surface area contributed by atoms with Gasteiger partial charge in [-0.05, 0) is 35.2 Å². The van der Waals surface area contributed by atoms with Gasteiger partial charge in [-0.2, -0.15) is 0 Å². The molecule has 0 fully saturated rings. The summed E-state index contributed by atoms with van der Waals surface area (Å²) in [5.41, 5.74) is 2.18. The Kier molecular flexibility index (Phi) is 7.58. The number of carbonyl (C=O) groups is 3. The van der Waals surface area contributed by atoms with Gasteiger partial charge in [-0.25, -0.2) is 0 Å². The first-order valence-corrected chi connectivity index (χ1v) is 9.67. The van der Waals surface area contributed by atoms with E-state index in [0.717, 1.165) is 5.56 Å². The third-order valence-corrected chi connectivity index (χ3v) is 4.57. The van der Waals surface area contributed by atoms with E-state index in [9.17, 15) is 14.4 Å². The molecule has 0 aromatic heterocycles. The van der Waals surface area contributed by atoms with Crippen molar-refractivity contribution in [1.82, 2.24) is 10.2 Å². The number of nitrogens with one attached hydrogen (secondary N) is 2. The highest BCUT2D eigenvalue weighted by Crippen LogP contribution is 2.22. The van der Waals surface area contributed by atoms with Crippen molar-refractivity contribution in [2.45, 2.75) is 26.2 Å². The minimum atomic E-state index is -0.365. The van der Waals surface area contributed by atoms with Crippen molar-refractivity contribution in [3.63, 3.8) is 0 Å². The van der Waals surface area contributed by atoms with Gasteiger partial charge in [0.25, 0.3) is 5.91 Å². The number of rotatable bonds is 7. The average Bonchev–Trinajstić information content (AvgIpc) is 2.71. The summed E-state index contributed by atoms with van der Waals surface area (Å²) in [5.74, 6) is -0.424. The van der Waals surface area contributed by atoms with Crippen LogP contribution in [0.25, 0.3) is 0 Å². The molecule has 0 radical (unpaired) electrons. The molecule has 160 valence electrons. The fraction of sp³-hybridized carbons (Fsp3) is 0.348. The van der Waals surface area contributed by atoms with Crippen LogP contribution in [0.15, 0.2) is 48.5 Å². The molecule has 0 atom stereocenters. The van der Waals surface area contributed by atoms with Gasteiger partial charge in [0.05, 0.1) is 20.2 Å². The summed E-state index contributed by atoms with van der Waals surface area (Å²) in [5, 5.41) is 5.31. The van der Waals surface area contributed by atoms with Crippen molar-refractivity contribution in [1.29, 1.82) is 0 Å². The quantitative estimate of drug-likeness (QED) is 0.733. The fourth-order valence-corrected chi connectivity index (χ4v) is 2.72. The van der Waals surface area contributed by atoms with Crippen LogP contribution in [0.4, 0.5) is 5.69 Å². The number of methoxy groups -OCH3 is 1. The summed E-state index contributed by atoms with van der Waals surface area (Å²) >= 11 is 0. The monoisotopic (exact) mass is 411 g/mol. The van der Waals surface area contributed by atoms with E-state index in [0.29, 0.717) is 17.0 Å². The molecule has 0 saturated heterocycles. The van der Waals surface area contributed by atoms with Crippen LogP contribution in [0, 0.1) is 0 Å². The Morgan fingerprint density at radius 2 is 1.70 bits per heavy atom. The lowest BCUT2D eigenvalue weighted by Crippen LogP contribution is -2.41. The number of likely N-dealkylation sites (N-methyl/N-ethyl adjacent to an activating group) is 1. The van der Waals surface area contributed by atoms with Gasteiger partial charge in [-0.1, -0.05) is 39.0 Å². The molecule has 2 aromatic rings. The second-order valence-corrected chi connectivity index (χ2v) is 8.04. The second-order valence-electron chi connectivity index (χ2n) is 8.04. The third kappa shape index (κ3) is 6.62. The van der Waals surface area contributed by atoms with Crippen LogP contribution in [0.1, 0.15) is 36.7 Å². The van der Waals surface area contributed by atoms with Crippen molar-refractivity contribution in [2.24, 2.45) is 0 Å². The van der Waals surface area contributed by atoms with E-state index in [1.165, 1.54) is 11.9 Å². The van der Waals surface area contributed by atoms with E-state index in [-0.39, 0.29) is 36.2 Å². The van der Waals surface area contributed by atoms with Gasteiger partial charge in [0, 0.05) is 24.4 Å². The topological polar surface area (TPSA) is 87.7 Å². The lowest BCUT2D eigenvalue weighted by atomic mass is 9.87. The van der Waals surface area contributed by atoms with Crippen molar-refractivity contribution < 1.29 is 19.1 Å². The molecular weight excluding hydrogens is 382 g/mol. The number of anilines is 1. The molecule has 0 saturated carbocycles. The fourth-order valence-electron chi connectivity index (χ4n) is 2.72. The van der Waals surface area contributed by atoms with Crippen LogP contribution in [-0.4, -0.2) is 49.9 Å². The molecule has 0 aliphatic rings. The first kappa shape index (κ1) is 22.9. The van der Waals surface area contributed by atoms with Crippen molar-refractivity contribution in [3.05, 3.63) is 59.7 Å². The molecule has 2 rings (SSSR count). The molecule has 3 amide bonds. The number of benzene rings is 2. The number of carbonyl (C=O) groups excluding carboxylic acids is 3. The van der Waals surface area contributed by atoms with Gasteiger partial charge in [0.1, 0.15) is 5.75 Å². The Morgan fingerprint density at radius 1 is 1.03 bits per heavy atom. The minimum absolute atomic E-state index is 0.000855. The van der Waals surface area contributed by atoms with Crippen LogP contribution < -0.4 is 15.4 Å². The second kappa shape index (κ2) is 9.91. The number of hydrogen-bond acceptors (Lipinski definition) is 4. The van der Waals surface area contributed by atoms with Gasteiger partial charge in [-0.3, -0.25) is 14.4 Å². The Labute approximate surface area is 177 Å². The van der Waals surface area contributed by atoms with E-state index in [4.69, 9.17) is 4.74 Å². The molecule has 0 heterocycles. The van der Waals surface area contributed by atoms with E-state index in [1.54, 1.807) is 43.5 Å². The molecule has 0 unspecified atom stereocenters. The van der Waals surface area contributed by atoms with Crippen molar-refractivity contribution >= 4 is 23.4 Å². The Bertz CT molecular complexity index is 901. The van der Waals surface area contributed by atoms with Gasteiger partial charge in [0.15, 0.2) is 0 Å². The summed E-state index contributed by atoms with van der Waals surface area (Å²) in [4.78, 5) is 38.0. The number of hydrogen-bond donors (Lipinski definition) is 2. The maximum absolute atomic E-state index is 12.3. The first-order valence-electron chi connectivity index (χ1n) is 9.67. The van der Waals surface area contributed by atoms with E-state index >= 15 is 0 Å². The maximum atomic E-state index is 12.3. The standard InChI is InChI=1S/C23H29N3O4/c1-23(2,3)17-11-9-16(10-12-17)22(29)24-14-21(28)26(4)15-20(27)25-18-7-6-8-19(13-18)30-5/h6-13H,14-15H2,1-5H3,(H,24,29)(H,25,27). The van der Waals surface area contributed by atoms with Gasteiger partial charge in [-0.15, -0.1) is 0 Å². The van der Waals surface area contributed by atoms with Crippen LogP contribution in [-0.2, 0) is 15.0 Å². The van der Waals surface area contributed by atoms with Gasteiger partial charge >= 0.3 is 0 Å². The van der Waals surface area contributed by atoms with Crippen LogP contribution in [0.5, 0.6) is 5.75 Å². The van der Waals surface area contributed by atoms with Crippen molar-refractivity contribution in [2.75, 3.05) is 32.6 Å². The summed E-state index contributed by atoms with van der Waals surface area (Å²) in [7, 11) is 3.05. The maximum Gasteiger partial charge on any atom is 0.251 e. The number of nitrogens with zero attached hydrogens (tertiary/aromatic N) is 1. The smallest absolute Gasteiger partial charge is 0.251 e. The SMILES string of the molecule is COc1cccc(NC(=O)CN(C)C(=O)CNC(=O)c2ccc(C(C)(C)C)cc2)c1. The van der Waals surface area contributed by atoms with Gasteiger partial charge in [0.2, 0.25) is 11.8 Å². The van der Waals surface area contributed by atoms with Crippen molar-refractivity contribution in [3.8, 4) is 5.75 Å². The zero-order valence-corrected chi connectivity index (χ0v) is 18.1. The highest BCUT2D eigenvalue weighted by atomic mass is 16.5. The molecule has 0 bridgehead atoms. The largest absolute Gasteiger partial charge is 0.497 e. The summed E-state index contributed by atoms with van der Waals surface area (Å²) in [6.07, 6.45) is 0.